The van der Waals surface area contributed by atoms with Crippen molar-refractivity contribution in [3.63, 3.8) is 0 Å². The summed E-state index contributed by atoms with van der Waals surface area (Å²) in [6, 6.07) is 6.88. The second kappa shape index (κ2) is 7.42. The summed E-state index contributed by atoms with van der Waals surface area (Å²) in [6.07, 6.45) is 5.12. The van der Waals surface area contributed by atoms with Gasteiger partial charge in [-0.2, -0.15) is 0 Å². The summed E-state index contributed by atoms with van der Waals surface area (Å²) in [6.45, 7) is 5.24. The number of amides is 1. The molecule has 1 saturated heterocycles. The molecule has 0 unspecified atom stereocenters. The number of piperidine rings is 1. The van der Waals surface area contributed by atoms with Crippen molar-refractivity contribution in [1.82, 2.24) is 9.97 Å². The minimum Gasteiger partial charge on any atom is -0.341 e. The Morgan fingerprint density at radius 3 is 2.60 bits per heavy atom. The molecular weight excluding hydrogens is 316 g/mol. The van der Waals surface area contributed by atoms with E-state index in [0.717, 1.165) is 25.9 Å². The monoisotopic (exact) mass is 338 g/mol. The van der Waals surface area contributed by atoms with Crippen LogP contribution in [0.25, 0.3) is 0 Å². The van der Waals surface area contributed by atoms with E-state index in [9.17, 15) is 9.59 Å². The molecule has 1 aliphatic heterocycles. The SMILES string of the molecule is CC(=O)c1cccc(NC(=O)c2cnc(N3CCCCC3)nc2C)c1. The van der Waals surface area contributed by atoms with Crippen LogP contribution in [0.1, 0.15) is 52.6 Å². The molecule has 0 bridgehead atoms. The van der Waals surface area contributed by atoms with Gasteiger partial charge < -0.3 is 10.2 Å². The third-order valence-electron chi connectivity index (χ3n) is 4.38. The average Bonchev–Trinajstić information content (AvgIpc) is 2.62. The minimum atomic E-state index is -0.275. The number of carbonyl (C=O) groups excluding carboxylic acids is 2. The van der Waals surface area contributed by atoms with E-state index in [2.05, 4.69) is 20.2 Å². The van der Waals surface area contributed by atoms with Crippen LogP contribution < -0.4 is 10.2 Å². The number of carbonyl (C=O) groups is 2. The van der Waals surface area contributed by atoms with Gasteiger partial charge in [0.1, 0.15) is 0 Å². The summed E-state index contributed by atoms with van der Waals surface area (Å²) >= 11 is 0. The van der Waals surface area contributed by atoms with Gasteiger partial charge in [0.05, 0.1) is 11.3 Å². The number of Topliss-reactive ketones (excluding diaryl/α,β-unsaturated/α-hetero) is 1. The maximum absolute atomic E-state index is 12.5. The molecule has 0 spiro atoms. The number of benzene rings is 1. The zero-order valence-corrected chi connectivity index (χ0v) is 14.6. The molecule has 2 heterocycles. The van der Waals surface area contributed by atoms with Crippen LogP contribution in [0.5, 0.6) is 0 Å². The Bertz CT molecular complexity index is 798. The summed E-state index contributed by atoms with van der Waals surface area (Å²) in [5.41, 5.74) is 2.23. The quantitative estimate of drug-likeness (QED) is 0.866. The Kier molecular flexibility index (Phi) is 5.07. The number of aryl methyl sites for hydroxylation is 1. The van der Waals surface area contributed by atoms with Crippen molar-refractivity contribution in [2.24, 2.45) is 0 Å². The van der Waals surface area contributed by atoms with E-state index < -0.39 is 0 Å². The topological polar surface area (TPSA) is 75.2 Å². The number of nitrogens with one attached hydrogen (secondary N) is 1. The molecule has 1 amide bonds. The predicted octanol–water partition coefficient (Wildman–Crippen LogP) is 3.23. The van der Waals surface area contributed by atoms with Gasteiger partial charge in [-0.25, -0.2) is 9.97 Å². The Morgan fingerprint density at radius 2 is 1.92 bits per heavy atom. The Balaban J connectivity index is 1.76. The van der Waals surface area contributed by atoms with E-state index in [0.29, 0.717) is 28.5 Å². The van der Waals surface area contributed by atoms with Gasteiger partial charge in [-0.3, -0.25) is 9.59 Å². The van der Waals surface area contributed by atoms with E-state index in [1.807, 2.05) is 6.92 Å². The predicted molar refractivity (Wildman–Crippen MR) is 97.2 cm³/mol. The molecule has 6 nitrogen and oxygen atoms in total. The number of hydrogen-bond donors (Lipinski definition) is 1. The first-order valence-corrected chi connectivity index (χ1v) is 8.55. The van der Waals surface area contributed by atoms with Gasteiger partial charge >= 0.3 is 0 Å². The molecule has 2 aromatic rings. The normalized spacial score (nSPS) is 14.2. The molecule has 0 saturated carbocycles. The summed E-state index contributed by atoms with van der Waals surface area (Å²) in [5.74, 6) is 0.372. The summed E-state index contributed by atoms with van der Waals surface area (Å²) in [5, 5.41) is 2.81. The lowest BCUT2D eigenvalue weighted by Gasteiger charge is -2.26. The zero-order valence-electron chi connectivity index (χ0n) is 14.6. The van der Waals surface area contributed by atoms with Gasteiger partial charge in [0.15, 0.2) is 5.78 Å². The van der Waals surface area contributed by atoms with Crippen LogP contribution in [0.15, 0.2) is 30.5 Å². The molecule has 0 atom stereocenters. The summed E-state index contributed by atoms with van der Waals surface area (Å²) in [4.78, 5) is 35.0. The first kappa shape index (κ1) is 17.1. The number of anilines is 2. The third-order valence-corrected chi connectivity index (χ3v) is 4.38. The average molecular weight is 338 g/mol. The number of nitrogens with zero attached hydrogens (tertiary/aromatic N) is 3. The third kappa shape index (κ3) is 4.02. The highest BCUT2D eigenvalue weighted by atomic mass is 16.1. The Hall–Kier alpha value is -2.76. The molecule has 1 aliphatic rings. The minimum absolute atomic E-state index is 0.0403. The Morgan fingerprint density at radius 1 is 1.16 bits per heavy atom. The highest BCUT2D eigenvalue weighted by Gasteiger charge is 2.17. The lowest BCUT2D eigenvalue weighted by molar-refractivity contribution is 0.101. The van der Waals surface area contributed by atoms with Crippen molar-refractivity contribution in [2.45, 2.75) is 33.1 Å². The number of rotatable bonds is 4. The van der Waals surface area contributed by atoms with Crippen molar-refractivity contribution in [1.29, 1.82) is 0 Å². The van der Waals surface area contributed by atoms with Crippen LogP contribution >= 0.6 is 0 Å². The molecular formula is C19H22N4O2. The summed E-state index contributed by atoms with van der Waals surface area (Å²) < 4.78 is 0. The van der Waals surface area contributed by atoms with Crippen LogP contribution in [0.3, 0.4) is 0 Å². The van der Waals surface area contributed by atoms with Gasteiger partial charge in [-0.05, 0) is 45.2 Å². The molecule has 0 radical (unpaired) electrons. The van der Waals surface area contributed by atoms with Crippen LogP contribution in [-0.4, -0.2) is 34.7 Å². The summed E-state index contributed by atoms with van der Waals surface area (Å²) in [7, 11) is 0. The lowest BCUT2D eigenvalue weighted by Crippen LogP contribution is -2.31. The van der Waals surface area contributed by atoms with E-state index in [-0.39, 0.29) is 11.7 Å². The maximum Gasteiger partial charge on any atom is 0.259 e. The molecule has 0 aliphatic carbocycles. The first-order chi connectivity index (χ1) is 12.0. The van der Waals surface area contributed by atoms with Crippen molar-refractivity contribution < 1.29 is 9.59 Å². The van der Waals surface area contributed by atoms with Crippen LogP contribution in [0, 0.1) is 6.92 Å². The molecule has 1 aromatic heterocycles. The van der Waals surface area contributed by atoms with Gasteiger partial charge in [-0.1, -0.05) is 12.1 Å². The zero-order chi connectivity index (χ0) is 17.8. The molecule has 1 N–H and O–H groups in total. The second-order valence-corrected chi connectivity index (χ2v) is 6.31. The van der Waals surface area contributed by atoms with Gasteiger partial charge in [0.25, 0.3) is 5.91 Å². The van der Waals surface area contributed by atoms with E-state index in [1.54, 1.807) is 30.5 Å². The lowest BCUT2D eigenvalue weighted by atomic mass is 10.1. The largest absolute Gasteiger partial charge is 0.341 e. The number of aromatic nitrogens is 2. The second-order valence-electron chi connectivity index (χ2n) is 6.31. The molecule has 1 fully saturated rings. The molecule has 1 aromatic carbocycles. The first-order valence-electron chi connectivity index (χ1n) is 8.55. The smallest absolute Gasteiger partial charge is 0.259 e. The fourth-order valence-electron chi connectivity index (χ4n) is 2.94. The highest BCUT2D eigenvalue weighted by Crippen LogP contribution is 2.18. The van der Waals surface area contributed by atoms with Crippen LogP contribution in [0.4, 0.5) is 11.6 Å². The van der Waals surface area contributed by atoms with Crippen molar-refractivity contribution in [3.8, 4) is 0 Å². The van der Waals surface area contributed by atoms with Crippen molar-refractivity contribution in [2.75, 3.05) is 23.3 Å². The van der Waals surface area contributed by atoms with Crippen molar-refractivity contribution >= 4 is 23.3 Å². The molecule has 130 valence electrons. The molecule has 25 heavy (non-hydrogen) atoms. The van der Waals surface area contributed by atoms with Crippen LogP contribution in [-0.2, 0) is 0 Å². The van der Waals surface area contributed by atoms with Gasteiger partial charge in [0.2, 0.25) is 5.95 Å². The van der Waals surface area contributed by atoms with E-state index in [4.69, 9.17) is 0 Å². The standard InChI is InChI=1S/C19H22N4O2/c1-13-17(12-20-19(21-13)23-9-4-3-5-10-23)18(25)22-16-8-6-7-15(11-16)14(2)24/h6-8,11-12H,3-5,9-10H2,1-2H3,(H,22,25). The number of hydrogen-bond acceptors (Lipinski definition) is 5. The molecule has 6 heteroatoms. The fraction of sp³-hybridized carbons (Fsp3) is 0.368. The van der Waals surface area contributed by atoms with Crippen molar-refractivity contribution in [3.05, 3.63) is 47.3 Å². The Labute approximate surface area is 147 Å². The van der Waals surface area contributed by atoms with E-state index in [1.165, 1.54) is 13.3 Å². The van der Waals surface area contributed by atoms with Gasteiger partial charge in [-0.15, -0.1) is 0 Å². The highest BCUT2D eigenvalue weighted by molar-refractivity contribution is 6.05. The fourth-order valence-corrected chi connectivity index (χ4v) is 2.94. The van der Waals surface area contributed by atoms with Crippen LogP contribution in [0.2, 0.25) is 0 Å². The molecule has 3 rings (SSSR count). The van der Waals surface area contributed by atoms with Gasteiger partial charge in [0, 0.05) is 30.5 Å². The maximum atomic E-state index is 12.5. The number of ketones is 1. The van der Waals surface area contributed by atoms with E-state index >= 15 is 0 Å².